The molecule has 0 aliphatic rings. The maximum absolute atomic E-state index is 11.9. The molecular formula is C16H20N2O3. The summed E-state index contributed by atoms with van der Waals surface area (Å²) in [6, 6.07) is 7.52. The molecule has 0 saturated heterocycles. The number of ether oxygens (including phenoxy) is 2. The van der Waals surface area contributed by atoms with E-state index >= 15 is 0 Å². The minimum atomic E-state index is -0.392. The van der Waals surface area contributed by atoms with Gasteiger partial charge in [0.1, 0.15) is 17.4 Å². The fraction of sp³-hybridized carbons (Fsp3) is 0.375. The molecular weight excluding hydrogens is 268 g/mol. The van der Waals surface area contributed by atoms with Crippen LogP contribution in [0.4, 0.5) is 0 Å². The predicted octanol–water partition coefficient (Wildman–Crippen LogP) is 2.06. The topological polar surface area (TPSA) is 71.3 Å². The predicted molar refractivity (Wildman–Crippen MR) is 80.8 cm³/mol. The van der Waals surface area contributed by atoms with Gasteiger partial charge in [0.2, 0.25) is 0 Å². The molecule has 0 aliphatic heterocycles. The molecule has 1 rings (SSSR count). The van der Waals surface area contributed by atoms with E-state index in [-0.39, 0.29) is 5.57 Å². The number of hydrogen-bond acceptors (Lipinski definition) is 4. The van der Waals surface area contributed by atoms with Crippen LogP contribution in [0, 0.1) is 18.3 Å². The monoisotopic (exact) mass is 288 g/mol. The van der Waals surface area contributed by atoms with Gasteiger partial charge in [0, 0.05) is 25.8 Å². The van der Waals surface area contributed by atoms with Gasteiger partial charge in [-0.25, -0.2) is 0 Å². The van der Waals surface area contributed by atoms with Gasteiger partial charge >= 0.3 is 0 Å². The number of carbonyl (C=O) groups is 1. The fourth-order valence-corrected chi connectivity index (χ4v) is 1.78. The smallest absolute Gasteiger partial charge is 0.261 e. The molecule has 0 atom stereocenters. The van der Waals surface area contributed by atoms with Crippen molar-refractivity contribution >= 4 is 12.0 Å². The van der Waals surface area contributed by atoms with Gasteiger partial charge in [-0.05, 0) is 31.6 Å². The highest BCUT2D eigenvalue weighted by molar-refractivity contribution is 6.01. The average molecular weight is 288 g/mol. The Bertz CT molecular complexity index is 559. The number of benzene rings is 1. The molecule has 0 spiro atoms. The van der Waals surface area contributed by atoms with Crippen LogP contribution >= 0.6 is 0 Å². The van der Waals surface area contributed by atoms with E-state index in [9.17, 15) is 4.79 Å². The van der Waals surface area contributed by atoms with E-state index in [2.05, 4.69) is 5.32 Å². The lowest BCUT2D eigenvalue weighted by Gasteiger charge is -2.07. The SMILES string of the molecule is COCCCNC(=O)/C(C#N)=C/c1cc(C)ccc1OC. The van der Waals surface area contributed by atoms with Crippen molar-refractivity contribution in [3.05, 3.63) is 34.9 Å². The van der Waals surface area contributed by atoms with E-state index in [1.165, 1.54) is 6.08 Å². The molecule has 21 heavy (non-hydrogen) atoms. The molecule has 0 heterocycles. The molecule has 1 aromatic carbocycles. The Balaban J connectivity index is 2.86. The number of rotatable bonds is 7. The number of nitrogens with zero attached hydrogens (tertiary/aromatic N) is 1. The molecule has 1 N–H and O–H groups in total. The molecule has 0 aliphatic carbocycles. The highest BCUT2D eigenvalue weighted by Crippen LogP contribution is 2.22. The first-order valence-electron chi connectivity index (χ1n) is 6.66. The first-order chi connectivity index (χ1) is 10.1. The van der Waals surface area contributed by atoms with Gasteiger partial charge in [-0.2, -0.15) is 5.26 Å². The van der Waals surface area contributed by atoms with Crippen LogP contribution in [0.25, 0.3) is 6.08 Å². The zero-order valence-corrected chi connectivity index (χ0v) is 12.6. The van der Waals surface area contributed by atoms with Crippen molar-refractivity contribution in [3.8, 4) is 11.8 Å². The maximum Gasteiger partial charge on any atom is 0.261 e. The van der Waals surface area contributed by atoms with Crippen LogP contribution in [0.1, 0.15) is 17.5 Å². The van der Waals surface area contributed by atoms with Crippen LogP contribution in [0.15, 0.2) is 23.8 Å². The number of aryl methyl sites for hydroxylation is 1. The Morgan fingerprint density at radius 2 is 2.19 bits per heavy atom. The zero-order chi connectivity index (χ0) is 15.7. The Morgan fingerprint density at radius 3 is 2.81 bits per heavy atom. The van der Waals surface area contributed by atoms with Crippen molar-refractivity contribution in [2.75, 3.05) is 27.4 Å². The molecule has 1 amide bonds. The minimum absolute atomic E-state index is 0.0521. The van der Waals surface area contributed by atoms with Gasteiger partial charge < -0.3 is 14.8 Å². The first kappa shape index (κ1) is 16.7. The molecule has 5 heteroatoms. The van der Waals surface area contributed by atoms with Crippen molar-refractivity contribution in [2.45, 2.75) is 13.3 Å². The Hall–Kier alpha value is -2.32. The van der Waals surface area contributed by atoms with E-state index in [0.717, 1.165) is 5.56 Å². The molecule has 0 saturated carbocycles. The number of nitriles is 1. The van der Waals surface area contributed by atoms with E-state index in [4.69, 9.17) is 14.7 Å². The number of hydrogen-bond donors (Lipinski definition) is 1. The van der Waals surface area contributed by atoms with Crippen LogP contribution in [0.2, 0.25) is 0 Å². The maximum atomic E-state index is 11.9. The molecule has 0 bridgehead atoms. The summed E-state index contributed by atoms with van der Waals surface area (Å²) in [5, 5.41) is 11.8. The molecule has 0 radical (unpaired) electrons. The summed E-state index contributed by atoms with van der Waals surface area (Å²) in [6.45, 7) is 2.97. The van der Waals surface area contributed by atoms with Crippen molar-refractivity contribution in [1.82, 2.24) is 5.32 Å². The van der Waals surface area contributed by atoms with Gasteiger partial charge in [0.05, 0.1) is 7.11 Å². The highest BCUT2D eigenvalue weighted by atomic mass is 16.5. The molecule has 0 unspecified atom stereocenters. The second kappa shape index (κ2) is 8.77. The standard InChI is InChI=1S/C16H20N2O3/c1-12-5-6-15(21-3)13(9-12)10-14(11-17)16(19)18-7-4-8-20-2/h5-6,9-10H,4,7-8H2,1-3H3,(H,18,19)/b14-10+. The van der Waals surface area contributed by atoms with Crippen LogP contribution in [-0.4, -0.2) is 33.3 Å². The van der Waals surface area contributed by atoms with Crippen LogP contribution < -0.4 is 10.1 Å². The quantitative estimate of drug-likeness (QED) is 0.473. The summed E-state index contributed by atoms with van der Waals surface area (Å²) < 4.78 is 10.1. The lowest BCUT2D eigenvalue weighted by Crippen LogP contribution is -2.26. The van der Waals surface area contributed by atoms with Gasteiger partial charge in [-0.1, -0.05) is 11.6 Å². The summed E-state index contributed by atoms with van der Waals surface area (Å²) >= 11 is 0. The first-order valence-corrected chi connectivity index (χ1v) is 6.66. The Labute approximate surface area is 125 Å². The van der Waals surface area contributed by atoms with Crippen molar-refractivity contribution in [1.29, 1.82) is 5.26 Å². The van der Waals surface area contributed by atoms with Crippen LogP contribution in [0.3, 0.4) is 0 Å². The van der Waals surface area contributed by atoms with Crippen LogP contribution in [0.5, 0.6) is 5.75 Å². The van der Waals surface area contributed by atoms with Gasteiger partial charge in [0.15, 0.2) is 0 Å². The normalized spacial score (nSPS) is 10.9. The largest absolute Gasteiger partial charge is 0.496 e. The second-order valence-electron chi connectivity index (χ2n) is 4.52. The van der Waals surface area contributed by atoms with Gasteiger partial charge in [-0.15, -0.1) is 0 Å². The van der Waals surface area contributed by atoms with Crippen molar-refractivity contribution in [3.63, 3.8) is 0 Å². The van der Waals surface area contributed by atoms with Crippen LogP contribution in [-0.2, 0) is 9.53 Å². The van der Waals surface area contributed by atoms with Crippen molar-refractivity contribution < 1.29 is 14.3 Å². The molecule has 1 aromatic rings. The lowest BCUT2D eigenvalue weighted by atomic mass is 10.1. The Kier molecular flexibility index (Phi) is 6.99. The summed E-state index contributed by atoms with van der Waals surface area (Å²) in [5.74, 6) is 0.234. The van der Waals surface area contributed by atoms with Gasteiger partial charge in [0.25, 0.3) is 5.91 Å². The van der Waals surface area contributed by atoms with E-state index < -0.39 is 5.91 Å². The van der Waals surface area contributed by atoms with Crippen molar-refractivity contribution in [2.24, 2.45) is 0 Å². The average Bonchev–Trinajstić information content (AvgIpc) is 2.49. The third kappa shape index (κ3) is 5.28. The third-order valence-electron chi connectivity index (χ3n) is 2.86. The number of methoxy groups -OCH3 is 2. The summed E-state index contributed by atoms with van der Waals surface area (Å²) in [4.78, 5) is 11.9. The van der Waals surface area contributed by atoms with E-state index in [1.807, 2.05) is 31.2 Å². The molecule has 5 nitrogen and oxygen atoms in total. The van der Waals surface area contributed by atoms with Gasteiger partial charge in [-0.3, -0.25) is 4.79 Å². The minimum Gasteiger partial charge on any atom is -0.496 e. The zero-order valence-electron chi connectivity index (χ0n) is 12.6. The van der Waals surface area contributed by atoms with E-state index in [1.54, 1.807) is 14.2 Å². The summed E-state index contributed by atoms with van der Waals surface area (Å²) in [7, 11) is 3.16. The van der Waals surface area contributed by atoms with E-state index in [0.29, 0.717) is 30.9 Å². The molecule has 112 valence electrons. The summed E-state index contributed by atoms with van der Waals surface area (Å²) in [6.07, 6.45) is 2.24. The second-order valence-corrected chi connectivity index (χ2v) is 4.52. The fourth-order valence-electron chi connectivity index (χ4n) is 1.78. The lowest BCUT2D eigenvalue weighted by molar-refractivity contribution is -0.117. The Morgan fingerprint density at radius 1 is 1.43 bits per heavy atom. The summed E-state index contributed by atoms with van der Waals surface area (Å²) in [5.41, 5.74) is 1.79. The molecule has 0 fully saturated rings. The third-order valence-corrected chi connectivity index (χ3v) is 2.86. The highest BCUT2D eigenvalue weighted by Gasteiger charge is 2.10. The number of carbonyl (C=O) groups excluding carboxylic acids is 1. The number of nitrogens with one attached hydrogen (secondary N) is 1. The molecule has 0 aromatic heterocycles. The number of amides is 1.